The zero-order chi connectivity index (χ0) is 10.6. The standard InChI is InChI=1S/C7H14N2O4/c1-4(8)5(10)9-3-7(2,13)6(11)12/h4,13H,3,8H2,1-2H3,(H,9,10)(H,11,12)/t4-,7?/m0/s1. The second-order valence-corrected chi connectivity index (χ2v) is 3.09. The minimum atomic E-state index is -1.95. The number of nitrogens with two attached hydrogens (primary N) is 1. The van der Waals surface area contributed by atoms with Crippen LogP contribution in [0.15, 0.2) is 0 Å². The van der Waals surface area contributed by atoms with Crippen molar-refractivity contribution in [3.63, 3.8) is 0 Å². The lowest BCUT2D eigenvalue weighted by molar-refractivity contribution is -0.156. The predicted molar refractivity (Wildman–Crippen MR) is 44.9 cm³/mol. The van der Waals surface area contributed by atoms with Crippen LogP contribution in [0.3, 0.4) is 0 Å². The van der Waals surface area contributed by atoms with E-state index >= 15 is 0 Å². The fraction of sp³-hybridized carbons (Fsp3) is 0.714. The first-order valence-corrected chi connectivity index (χ1v) is 3.76. The minimum absolute atomic E-state index is 0.358. The lowest BCUT2D eigenvalue weighted by atomic mass is 10.1. The Morgan fingerprint density at radius 2 is 2.08 bits per heavy atom. The van der Waals surface area contributed by atoms with E-state index < -0.39 is 23.5 Å². The molecule has 0 radical (unpaired) electrons. The molecule has 6 heteroatoms. The molecule has 0 bridgehead atoms. The van der Waals surface area contributed by atoms with Crippen molar-refractivity contribution < 1.29 is 19.8 Å². The third-order valence-electron chi connectivity index (χ3n) is 1.48. The number of nitrogens with one attached hydrogen (secondary N) is 1. The van der Waals surface area contributed by atoms with E-state index in [0.29, 0.717) is 0 Å². The molecule has 0 aromatic rings. The van der Waals surface area contributed by atoms with Gasteiger partial charge in [0.05, 0.1) is 12.6 Å². The number of carboxylic acid groups (broad SMARTS) is 1. The van der Waals surface area contributed by atoms with Crippen molar-refractivity contribution in [2.75, 3.05) is 6.54 Å². The first kappa shape index (κ1) is 11.9. The van der Waals surface area contributed by atoms with Crippen LogP contribution in [0, 0.1) is 0 Å². The highest BCUT2D eigenvalue weighted by Gasteiger charge is 2.30. The molecule has 0 saturated carbocycles. The van der Waals surface area contributed by atoms with E-state index in [0.717, 1.165) is 6.92 Å². The molecule has 13 heavy (non-hydrogen) atoms. The quantitative estimate of drug-likeness (QED) is 0.421. The number of aliphatic hydroxyl groups is 1. The largest absolute Gasteiger partial charge is 0.479 e. The van der Waals surface area contributed by atoms with E-state index in [1.54, 1.807) is 0 Å². The van der Waals surface area contributed by atoms with Crippen molar-refractivity contribution in [3.05, 3.63) is 0 Å². The van der Waals surface area contributed by atoms with Gasteiger partial charge in [0.15, 0.2) is 5.60 Å². The highest BCUT2D eigenvalue weighted by molar-refractivity contribution is 5.83. The molecule has 1 unspecified atom stereocenters. The molecule has 0 aromatic carbocycles. The SMILES string of the molecule is C[C@H](N)C(=O)NCC(C)(O)C(=O)O. The fourth-order valence-corrected chi connectivity index (χ4v) is 0.496. The molecule has 0 rings (SSSR count). The molecule has 76 valence electrons. The smallest absolute Gasteiger partial charge is 0.337 e. The zero-order valence-electron chi connectivity index (χ0n) is 7.57. The van der Waals surface area contributed by atoms with E-state index in [9.17, 15) is 9.59 Å². The molecule has 0 aliphatic carbocycles. The molecule has 2 atom stereocenters. The molecule has 0 heterocycles. The van der Waals surface area contributed by atoms with Gasteiger partial charge >= 0.3 is 5.97 Å². The summed E-state index contributed by atoms with van der Waals surface area (Å²) in [7, 11) is 0. The summed E-state index contributed by atoms with van der Waals surface area (Å²) < 4.78 is 0. The van der Waals surface area contributed by atoms with Gasteiger partial charge in [-0.1, -0.05) is 0 Å². The van der Waals surface area contributed by atoms with Gasteiger partial charge in [0, 0.05) is 0 Å². The van der Waals surface area contributed by atoms with Gasteiger partial charge in [0.25, 0.3) is 0 Å². The third kappa shape index (κ3) is 3.86. The fourth-order valence-electron chi connectivity index (χ4n) is 0.496. The average molecular weight is 190 g/mol. The predicted octanol–water partition coefficient (Wildman–Crippen LogP) is -1.71. The molecular formula is C7H14N2O4. The van der Waals surface area contributed by atoms with Crippen molar-refractivity contribution >= 4 is 11.9 Å². The van der Waals surface area contributed by atoms with Crippen molar-refractivity contribution in [2.45, 2.75) is 25.5 Å². The molecule has 6 nitrogen and oxygen atoms in total. The summed E-state index contributed by atoms with van der Waals surface area (Å²) >= 11 is 0. The van der Waals surface area contributed by atoms with E-state index in [2.05, 4.69) is 5.32 Å². The number of carbonyl (C=O) groups is 2. The van der Waals surface area contributed by atoms with Gasteiger partial charge in [0.2, 0.25) is 5.91 Å². The van der Waals surface area contributed by atoms with Gasteiger partial charge < -0.3 is 21.3 Å². The molecule has 0 saturated heterocycles. The maximum Gasteiger partial charge on any atom is 0.337 e. The Kier molecular flexibility index (Phi) is 3.83. The van der Waals surface area contributed by atoms with Crippen LogP contribution >= 0.6 is 0 Å². The average Bonchev–Trinajstić information content (AvgIpc) is 1.99. The molecule has 0 spiro atoms. The number of hydrogen-bond acceptors (Lipinski definition) is 4. The van der Waals surface area contributed by atoms with E-state index in [4.69, 9.17) is 15.9 Å². The lowest BCUT2D eigenvalue weighted by Gasteiger charge is -2.18. The van der Waals surface area contributed by atoms with Crippen LogP contribution in [0.4, 0.5) is 0 Å². The van der Waals surface area contributed by atoms with E-state index in [1.165, 1.54) is 6.92 Å². The molecule has 1 amide bonds. The molecule has 0 aromatic heterocycles. The second-order valence-electron chi connectivity index (χ2n) is 3.09. The first-order valence-electron chi connectivity index (χ1n) is 3.76. The van der Waals surface area contributed by atoms with Gasteiger partial charge in [-0.3, -0.25) is 4.79 Å². The highest BCUT2D eigenvalue weighted by Crippen LogP contribution is 2.00. The summed E-state index contributed by atoms with van der Waals surface area (Å²) in [5.74, 6) is -1.89. The number of aliphatic carboxylic acids is 1. The van der Waals surface area contributed by atoms with Gasteiger partial charge in [0.1, 0.15) is 0 Å². The van der Waals surface area contributed by atoms with Gasteiger partial charge in [-0.25, -0.2) is 4.79 Å². The highest BCUT2D eigenvalue weighted by atomic mass is 16.4. The van der Waals surface area contributed by atoms with Gasteiger partial charge in [-0.15, -0.1) is 0 Å². The van der Waals surface area contributed by atoms with Gasteiger partial charge in [-0.05, 0) is 13.8 Å². The maximum atomic E-state index is 10.9. The Labute approximate surface area is 75.7 Å². The van der Waals surface area contributed by atoms with E-state index in [1.807, 2.05) is 0 Å². The Bertz CT molecular complexity index is 213. The van der Waals surface area contributed by atoms with E-state index in [-0.39, 0.29) is 6.54 Å². The number of carbonyl (C=O) groups excluding carboxylic acids is 1. The summed E-state index contributed by atoms with van der Waals surface area (Å²) in [4.78, 5) is 21.2. The lowest BCUT2D eigenvalue weighted by Crippen LogP contribution is -2.49. The Balaban J connectivity index is 4.03. The maximum absolute atomic E-state index is 10.9. The molecule has 0 fully saturated rings. The van der Waals surface area contributed by atoms with Crippen LogP contribution in [0.1, 0.15) is 13.8 Å². The summed E-state index contributed by atoms with van der Waals surface area (Å²) in [5.41, 5.74) is 3.25. The topological polar surface area (TPSA) is 113 Å². The van der Waals surface area contributed by atoms with Crippen LogP contribution < -0.4 is 11.1 Å². The summed E-state index contributed by atoms with van der Waals surface area (Å²) in [6.07, 6.45) is 0. The van der Waals surface area contributed by atoms with Crippen LogP contribution in [0.5, 0.6) is 0 Å². The van der Waals surface area contributed by atoms with Crippen LogP contribution in [-0.4, -0.2) is 40.3 Å². The zero-order valence-corrected chi connectivity index (χ0v) is 7.57. The first-order chi connectivity index (χ1) is 5.77. The van der Waals surface area contributed by atoms with Crippen LogP contribution in [-0.2, 0) is 9.59 Å². The summed E-state index contributed by atoms with van der Waals surface area (Å²) in [6, 6.07) is -0.718. The number of carboxylic acids is 1. The minimum Gasteiger partial charge on any atom is -0.479 e. The molecule has 5 N–H and O–H groups in total. The van der Waals surface area contributed by atoms with Crippen molar-refractivity contribution in [1.29, 1.82) is 0 Å². The van der Waals surface area contributed by atoms with Crippen molar-refractivity contribution in [2.24, 2.45) is 5.73 Å². The van der Waals surface area contributed by atoms with Crippen LogP contribution in [0.25, 0.3) is 0 Å². The normalized spacial score (nSPS) is 17.2. The van der Waals surface area contributed by atoms with Crippen molar-refractivity contribution in [3.8, 4) is 0 Å². The molecule has 0 aliphatic rings. The van der Waals surface area contributed by atoms with Crippen molar-refractivity contribution in [1.82, 2.24) is 5.32 Å². The number of rotatable bonds is 4. The second kappa shape index (κ2) is 4.20. The monoisotopic (exact) mass is 190 g/mol. The molecule has 0 aliphatic heterocycles. The van der Waals surface area contributed by atoms with Gasteiger partial charge in [-0.2, -0.15) is 0 Å². The third-order valence-corrected chi connectivity index (χ3v) is 1.48. The summed E-state index contributed by atoms with van der Waals surface area (Å²) in [5, 5.41) is 19.8. The number of amides is 1. The van der Waals surface area contributed by atoms with Crippen LogP contribution in [0.2, 0.25) is 0 Å². The molecular weight excluding hydrogens is 176 g/mol. The Hall–Kier alpha value is -1.14. The Morgan fingerprint density at radius 3 is 2.38 bits per heavy atom. The summed E-state index contributed by atoms with van der Waals surface area (Å²) in [6.45, 7) is 2.20. The number of hydrogen-bond donors (Lipinski definition) is 4. The Morgan fingerprint density at radius 1 is 1.62 bits per heavy atom.